The molecule has 0 fully saturated rings. The van der Waals surface area contributed by atoms with Crippen molar-refractivity contribution >= 4 is 22.7 Å². The molecular formula is C11H12N2OS. The van der Waals surface area contributed by atoms with Crippen LogP contribution in [0.4, 0.5) is 0 Å². The summed E-state index contributed by atoms with van der Waals surface area (Å²) in [4.78, 5) is 8.45. The molecule has 4 heteroatoms. The van der Waals surface area contributed by atoms with E-state index in [1.54, 1.807) is 18.1 Å². The third-order valence-electron chi connectivity index (χ3n) is 2.05. The average Bonchev–Trinajstić information content (AvgIpc) is 2.30. The van der Waals surface area contributed by atoms with Crippen LogP contribution in [0, 0.1) is 0 Å². The molecule has 0 atom stereocenters. The molecule has 0 unspecified atom stereocenters. The molecule has 0 saturated heterocycles. The summed E-state index contributed by atoms with van der Waals surface area (Å²) in [6, 6.07) is 7.96. The normalized spacial score (nSPS) is 10.7. The van der Waals surface area contributed by atoms with Crippen molar-refractivity contribution in [3.05, 3.63) is 30.6 Å². The molecular weight excluding hydrogens is 208 g/mol. The number of nitrogens with zero attached hydrogens (tertiary/aromatic N) is 2. The van der Waals surface area contributed by atoms with Gasteiger partial charge in [0.15, 0.2) is 0 Å². The quantitative estimate of drug-likeness (QED) is 0.487. The highest BCUT2D eigenvalue weighted by atomic mass is 32.2. The lowest BCUT2D eigenvalue weighted by Crippen LogP contribution is -1.90. The molecule has 1 N–H and O–H groups in total. The third-order valence-corrected chi connectivity index (χ3v) is 3.14. The molecule has 1 heterocycles. The summed E-state index contributed by atoms with van der Waals surface area (Å²) < 4.78 is 0. The van der Waals surface area contributed by atoms with Crippen molar-refractivity contribution in [1.82, 2.24) is 9.97 Å². The van der Waals surface area contributed by atoms with Crippen LogP contribution in [0.2, 0.25) is 0 Å². The summed E-state index contributed by atoms with van der Waals surface area (Å²) in [5, 5.41) is 10.8. The van der Waals surface area contributed by atoms with Crippen LogP contribution in [-0.2, 0) is 0 Å². The zero-order valence-electron chi connectivity index (χ0n) is 8.26. The van der Waals surface area contributed by atoms with Gasteiger partial charge in [0, 0.05) is 17.7 Å². The number of para-hydroxylation sites is 1. The first-order chi connectivity index (χ1) is 7.42. The van der Waals surface area contributed by atoms with Crippen LogP contribution in [-0.4, -0.2) is 27.4 Å². The Morgan fingerprint density at radius 3 is 2.93 bits per heavy atom. The second kappa shape index (κ2) is 5.09. The molecule has 2 rings (SSSR count). The van der Waals surface area contributed by atoms with Gasteiger partial charge in [-0.3, -0.25) is 0 Å². The molecule has 0 radical (unpaired) electrons. The van der Waals surface area contributed by atoms with Gasteiger partial charge >= 0.3 is 0 Å². The summed E-state index contributed by atoms with van der Waals surface area (Å²) in [7, 11) is 0. The molecule has 0 bridgehead atoms. The molecule has 0 aliphatic carbocycles. The van der Waals surface area contributed by atoms with Crippen LogP contribution in [0.3, 0.4) is 0 Å². The Morgan fingerprint density at radius 1 is 1.20 bits per heavy atom. The molecule has 0 aliphatic heterocycles. The minimum atomic E-state index is 0.232. The Hall–Kier alpha value is -1.13. The van der Waals surface area contributed by atoms with Crippen molar-refractivity contribution in [2.24, 2.45) is 0 Å². The van der Waals surface area contributed by atoms with Crippen LogP contribution >= 0.6 is 11.8 Å². The topological polar surface area (TPSA) is 46.0 Å². The van der Waals surface area contributed by atoms with Crippen molar-refractivity contribution < 1.29 is 5.11 Å². The number of hydrogen-bond donors (Lipinski definition) is 1. The standard InChI is InChI=1S/C11H12N2OS/c14-6-3-7-15-11-9-4-1-2-5-10(9)12-8-13-11/h1-2,4-5,8,14H,3,6-7H2. The number of aliphatic hydroxyl groups is 1. The van der Waals surface area contributed by atoms with Gasteiger partial charge in [-0.05, 0) is 12.5 Å². The van der Waals surface area contributed by atoms with E-state index in [9.17, 15) is 0 Å². The number of fused-ring (bicyclic) bond motifs is 1. The first-order valence-corrected chi connectivity index (χ1v) is 5.84. The van der Waals surface area contributed by atoms with E-state index < -0.39 is 0 Å². The minimum Gasteiger partial charge on any atom is -0.396 e. The molecule has 1 aromatic carbocycles. The van der Waals surface area contributed by atoms with E-state index in [1.807, 2.05) is 24.3 Å². The maximum Gasteiger partial charge on any atom is 0.117 e. The number of benzene rings is 1. The van der Waals surface area contributed by atoms with Crippen molar-refractivity contribution in [2.75, 3.05) is 12.4 Å². The third kappa shape index (κ3) is 2.46. The van der Waals surface area contributed by atoms with Gasteiger partial charge in [-0.25, -0.2) is 9.97 Å². The van der Waals surface area contributed by atoms with E-state index in [0.717, 1.165) is 28.1 Å². The molecule has 2 aromatic rings. The highest BCUT2D eigenvalue weighted by molar-refractivity contribution is 7.99. The fourth-order valence-electron chi connectivity index (χ4n) is 1.33. The summed E-state index contributed by atoms with van der Waals surface area (Å²) in [5.41, 5.74) is 0.971. The molecule has 0 saturated carbocycles. The predicted octanol–water partition coefficient (Wildman–Crippen LogP) is 2.10. The molecule has 3 nitrogen and oxygen atoms in total. The lowest BCUT2D eigenvalue weighted by molar-refractivity contribution is 0.296. The van der Waals surface area contributed by atoms with Crippen molar-refractivity contribution in [3.63, 3.8) is 0 Å². The van der Waals surface area contributed by atoms with Gasteiger partial charge < -0.3 is 5.11 Å². The van der Waals surface area contributed by atoms with Gasteiger partial charge in [0.05, 0.1) is 5.52 Å². The van der Waals surface area contributed by atoms with Crippen molar-refractivity contribution in [2.45, 2.75) is 11.4 Å². The number of hydrogen-bond acceptors (Lipinski definition) is 4. The van der Waals surface area contributed by atoms with Crippen LogP contribution in [0.15, 0.2) is 35.6 Å². The van der Waals surface area contributed by atoms with Crippen LogP contribution in [0.25, 0.3) is 10.9 Å². The van der Waals surface area contributed by atoms with E-state index in [2.05, 4.69) is 9.97 Å². The van der Waals surface area contributed by atoms with Gasteiger partial charge in [0.1, 0.15) is 11.4 Å². The predicted molar refractivity (Wildman–Crippen MR) is 62.0 cm³/mol. The first-order valence-electron chi connectivity index (χ1n) is 4.85. The monoisotopic (exact) mass is 220 g/mol. The van der Waals surface area contributed by atoms with E-state index in [4.69, 9.17) is 5.11 Å². The second-order valence-corrected chi connectivity index (χ2v) is 4.21. The van der Waals surface area contributed by atoms with E-state index in [0.29, 0.717) is 0 Å². The van der Waals surface area contributed by atoms with E-state index in [-0.39, 0.29) is 6.61 Å². The maximum absolute atomic E-state index is 8.71. The summed E-state index contributed by atoms with van der Waals surface area (Å²) in [5.74, 6) is 0.886. The Bertz CT molecular complexity index is 442. The molecule has 15 heavy (non-hydrogen) atoms. The SMILES string of the molecule is OCCCSc1ncnc2ccccc12. The molecule has 0 amide bonds. The van der Waals surface area contributed by atoms with Crippen molar-refractivity contribution in [1.29, 1.82) is 0 Å². The smallest absolute Gasteiger partial charge is 0.117 e. The van der Waals surface area contributed by atoms with Gasteiger partial charge in [0.2, 0.25) is 0 Å². The lowest BCUT2D eigenvalue weighted by atomic mass is 10.2. The number of rotatable bonds is 4. The number of thioether (sulfide) groups is 1. The molecule has 78 valence electrons. The van der Waals surface area contributed by atoms with Gasteiger partial charge in [-0.1, -0.05) is 18.2 Å². The molecule has 1 aromatic heterocycles. The largest absolute Gasteiger partial charge is 0.396 e. The Balaban J connectivity index is 2.26. The maximum atomic E-state index is 8.71. The molecule has 0 aliphatic rings. The summed E-state index contributed by atoms with van der Waals surface area (Å²) in [6.07, 6.45) is 2.38. The van der Waals surface area contributed by atoms with Crippen LogP contribution < -0.4 is 0 Å². The van der Waals surface area contributed by atoms with Gasteiger partial charge in [-0.15, -0.1) is 11.8 Å². The Labute approximate surface area is 92.6 Å². The Morgan fingerprint density at radius 2 is 2.07 bits per heavy atom. The minimum absolute atomic E-state index is 0.232. The van der Waals surface area contributed by atoms with E-state index >= 15 is 0 Å². The number of aromatic nitrogens is 2. The highest BCUT2D eigenvalue weighted by Crippen LogP contribution is 2.24. The van der Waals surface area contributed by atoms with E-state index in [1.165, 1.54) is 0 Å². The zero-order valence-corrected chi connectivity index (χ0v) is 9.07. The Kier molecular flexibility index (Phi) is 3.53. The zero-order chi connectivity index (χ0) is 10.5. The van der Waals surface area contributed by atoms with Crippen LogP contribution in [0.5, 0.6) is 0 Å². The van der Waals surface area contributed by atoms with Crippen LogP contribution in [0.1, 0.15) is 6.42 Å². The first kappa shape index (κ1) is 10.4. The van der Waals surface area contributed by atoms with Crippen molar-refractivity contribution in [3.8, 4) is 0 Å². The fourth-order valence-corrected chi connectivity index (χ4v) is 2.25. The van der Waals surface area contributed by atoms with Gasteiger partial charge in [-0.2, -0.15) is 0 Å². The number of aliphatic hydroxyl groups excluding tert-OH is 1. The summed E-state index contributed by atoms with van der Waals surface area (Å²) >= 11 is 1.66. The second-order valence-electron chi connectivity index (χ2n) is 3.12. The molecule has 0 spiro atoms. The average molecular weight is 220 g/mol. The van der Waals surface area contributed by atoms with Gasteiger partial charge in [0.25, 0.3) is 0 Å². The highest BCUT2D eigenvalue weighted by Gasteiger charge is 2.02. The summed E-state index contributed by atoms with van der Waals surface area (Å²) in [6.45, 7) is 0.232. The lowest BCUT2D eigenvalue weighted by Gasteiger charge is -2.03. The fraction of sp³-hybridized carbons (Fsp3) is 0.273.